The summed E-state index contributed by atoms with van der Waals surface area (Å²) in [5, 5.41) is 3.09. The molecule has 1 heterocycles. The van der Waals surface area contributed by atoms with Crippen LogP contribution >= 0.6 is 11.6 Å². The van der Waals surface area contributed by atoms with Gasteiger partial charge in [0.2, 0.25) is 0 Å². The summed E-state index contributed by atoms with van der Waals surface area (Å²) in [6.07, 6.45) is 1.68. The number of nitrogens with one attached hydrogen (secondary N) is 1. The average Bonchev–Trinajstić information content (AvgIpc) is 2.61. The van der Waals surface area contributed by atoms with Gasteiger partial charge >= 0.3 is 0 Å². The van der Waals surface area contributed by atoms with Crippen molar-refractivity contribution in [2.24, 2.45) is 0 Å². The van der Waals surface area contributed by atoms with E-state index < -0.39 is 5.82 Å². The maximum absolute atomic E-state index is 13.1. The van der Waals surface area contributed by atoms with Gasteiger partial charge < -0.3 is 10.1 Å². The Hall–Kier alpha value is -1.91. The van der Waals surface area contributed by atoms with Crippen molar-refractivity contribution < 1.29 is 13.9 Å². The number of ether oxygens (including phenoxy) is 1. The summed E-state index contributed by atoms with van der Waals surface area (Å²) >= 11 is 5.98. The molecule has 0 aliphatic carbocycles. The van der Waals surface area contributed by atoms with Gasteiger partial charge in [-0.15, -0.1) is 0 Å². The Morgan fingerprint density at radius 3 is 2.54 bits per heavy atom. The Balaban J connectivity index is 1.78. The lowest BCUT2D eigenvalue weighted by Gasteiger charge is -2.38. The zero-order valence-corrected chi connectivity index (χ0v) is 14.0. The summed E-state index contributed by atoms with van der Waals surface area (Å²) in [6, 6.07) is 14.0. The smallest absolute Gasteiger partial charge is 0.252 e. The molecule has 2 aromatic rings. The highest BCUT2D eigenvalue weighted by Crippen LogP contribution is 2.34. The highest BCUT2D eigenvalue weighted by molar-refractivity contribution is 6.33. The molecule has 2 aromatic carbocycles. The number of amides is 1. The van der Waals surface area contributed by atoms with Crippen LogP contribution in [0.25, 0.3) is 0 Å². The molecule has 126 valence electrons. The van der Waals surface area contributed by atoms with Crippen molar-refractivity contribution in [2.45, 2.75) is 18.3 Å². The predicted octanol–water partition coefficient (Wildman–Crippen LogP) is 3.96. The van der Waals surface area contributed by atoms with E-state index in [9.17, 15) is 9.18 Å². The molecule has 1 aliphatic rings. The van der Waals surface area contributed by atoms with E-state index in [4.69, 9.17) is 16.3 Å². The van der Waals surface area contributed by atoms with Gasteiger partial charge in [0.05, 0.1) is 10.6 Å². The summed E-state index contributed by atoms with van der Waals surface area (Å²) in [4.78, 5) is 12.4. The molecule has 1 amide bonds. The van der Waals surface area contributed by atoms with Gasteiger partial charge in [-0.05, 0) is 36.6 Å². The molecule has 0 radical (unpaired) electrons. The molecule has 1 N–H and O–H groups in total. The fourth-order valence-corrected chi connectivity index (χ4v) is 3.39. The molecule has 0 atom stereocenters. The molecule has 0 saturated carbocycles. The zero-order chi connectivity index (χ0) is 17.0. The lowest BCUT2D eigenvalue weighted by molar-refractivity contribution is 0.0487. The van der Waals surface area contributed by atoms with Crippen molar-refractivity contribution in [3.05, 3.63) is 70.5 Å². The number of carbonyl (C=O) groups is 1. The van der Waals surface area contributed by atoms with Crippen LogP contribution in [0.2, 0.25) is 5.02 Å². The number of rotatable bonds is 4. The maximum atomic E-state index is 13.1. The molecular formula is C19H19ClFNO2. The minimum atomic E-state index is -0.457. The Labute approximate surface area is 145 Å². The molecule has 24 heavy (non-hydrogen) atoms. The Kier molecular flexibility index (Phi) is 5.17. The molecule has 0 bridgehead atoms. The molecule has 3 rings (SSSR count). The summed E-state index contributed by atoms with van der Waals surface area (Å²) in [6.45, 7) is 1.83. The molecular weight excluding hydrogens is 329 g/mol. The third-order valence-corrected chi connectivity index (χ3v) is 4.91. The third-order valence-electron chi connectivity index (χ3n) is 4.60. The van der Waals surface area contributed by atoms with Crippen molar-refractivity contribution in [1.29, 1.82) is 0 Å². The summed E-state index contributed by atoms with van der Waals surface area (Å²) in [7, 11) is 0. The van der Waals surface area contributed by atoms with E-state index in [0.29, 0.717) is 19.8 Å². The van der Waals surface area contributed by atoms with Gasteiger partial charge in [-0.2, -0.15) is 0 Å². The number of hydrogen-bond acceptors (Lipinski definition) is 2. The summed E-state index contributed by atoms with van der Waals surface area (Å²) in [5.74, 6) is -0.747. The van der Waals surface area contributed by atoms with Crippen LogP contribution in [0.1, 0.15) is 28.8 Å². The molecule has 0 aromatic heterocycles. The second-order valence-corrected chi connectivity index (χ2v) is 6.47. The normalized spacial score (nSPS) is 16.6. The van der Waals surface area contributed by atoms with Crippen LogP contribution in [0.3, 0.4) is 0 Å². The number of benzene rings is 2. The van der Waals surface area contributed by atoms with E-state index >= 15 is 0 Å². The van der Waals surface area contributed by atoms with Gasteiger partial charge in [0, 0.05) is 25.2 Å². The SMILES string of the molecule is O=C(NCC1(c2ccccc2)CCOCC1)c1ccc(F)cc1Cl. The lowest BCUT2D eigenvalue weighted by atomic mass is 9.74. The van der Waals surface area contributed by atoms with Crippen molar-refractivity contribution in [3.63, 3.8) is 0 Å². The third kappa shape index (κ3) is 3.60. The Morgan fingerprint density at radius 1 is 1.17 bits per heavy atom. The van der Waals surface area contributed by atoms with Crippen LogP contribution in [0.15, 0.2) is 48.5 Å². The van der Waals surface area contributed by atoms with Gasteiger partial charge in [0.1, 0.15) is 5.82 Å². The molecule has 1 fully saturated rings. The number of carbonyl (C=O) groups excluding carboxylic acids is 1. The Bertz CT molecular complexity index is 715. The number of hydrogen-bond donors (Lipinski definition) is 1. The summed E-state index contributed by atoms with van der Waals surface area (Å²) < 4.78 is 18.6. The molecule has 1 aliphatic heterocycles. The van der Waals surface area contributed by atoms with E-state index in [-0.39, 0.29) is 21.9 Å². The van der Waals surface area contributed by atoms with Crippen LogP contribution in [0.4, 0.5) is 4.39 Å². The van der Waals surface area contributed by atoms with Crippen molar-refractivity contribution >= 4 is 17.5 Å². The van der Waals surface area contributed by atoms with E-state index in [1.165, 1.54) is 17.7 Å². The molecule has 1 saturated heterocycles. The Morgan fingerprint density at radius 2 is 1.88 bits per heavy atom. The quantitative estimate of drug-likeness (QED) is 0.909. The van der Waals surface area contributed by atoms with Crippen LogP contribution < -0.4 is 5.32 Å². The predicted molar refractivity (Wildman–Crippen MR) is 91.9 cm³/mol. The first-order valence-electron chi connectivity index (χ1n) is 7.97. The molecule has 5 heteroatoms. The van der Waals surface area contributed by atoms with E-state index in [1.807, 2.05) is 18.2 Å². The molecule has 3 nitrogen and oxygen atoms in total. The van der Waals surface area contributed by atoms with E-state index in [1.54, 1.807) is 0 Å². The summed E-state index contributed by atoms with van der Waals surface area (Å²) in [5.41, 5.74) is 1.33. The van der Waals surface area contributed by atoms with E-state index in [0.717, 1.165) is 18.9 Å². The van der Waals surface area contributed by atoms with Crippen LogP contribution in [0.5, 0.6) is 0 Å². The molecule has 0 unspecified atom stereocenters. The topological polar surface area (TPSA) is 38.3 Å². The minimum Gasteiger partial charge on any atom is -0.381 e. The fourth-order valence-electron chi connectivity index (χ4n) is 3.14. The van der Waals surface area contributed by atoms with Crippen molar-refractivity contribution in [1.82, 2.24) is 5.32 Å². The highest BCUT2D eigenvalue weighted by atomic mass is 35.5. The second kappa shape index (κ2) is 7.32. The second-order valence-electron chi connectivity index (χ2n) is 6.07. The minimum absolute atomic E-state index is 0.119. The van der Waals surface area contributed by atoms with Gasteiger partial charge in [0.15, 0.2) is 0 Å². The van der Waals surface area contributed by atoms with E-state index in [2.05, 4.69) is 17.4 Å². The van der Waals surface area contributed by atoms with Crippen molar-refractivity contribution in [3.8, 4) is 0 Å². The lowest BCUT2D eigenvalue weighted by Crippen LogP contribution is -2.44. The first-order chi connectivity index (χ1) is 11.6. The van der Waals surface area contributed by atoms with Crippen LogP contribution in [-0.4, -0.2) is 25.7 Å². The number of halogens is 2. The molecule has 0 spiro atoms. The standard InChI is InChI=1S/C19H19ClFNO2/c20-17-12-15(21)6-7-16(17)18(23)22-13-19(8-10-24-11-9-19)14-4-2-1-3-5-14/h1-7,12H,8-11,13H2,(H,22,23). The van der Waals surface area contributed by atoms with Gasteiger partial charge in [0.25, 0.3) is 5.91 Å². The largest absolute Gasteiger partial charge is 0.381 e. The zero-order valence-electron chi connectivity index (χ0n) is 13.2. The van der Waals surface area contributed by atoms with Crippen molar-refractivity contribution in [2.75, 3.05) is 19.8 Å². The average molecular weight is 348 g/mol. The fraction of sp³-hybridized carbons (Fsp3) is 0.316. The maximum Gasteiger partial charge on any atom is 0.252 e. The van der Waals surface area contributed by atoms with Gasteiger partial charge in [-0.25, -0.2) is 4.39 Å². The van der Waals surface area contributed by atoms with Gasteiger partial charge in [-0.1, -0.05) is 41.9 Å². The van der Waals surface area contributed by atoms with Crippen LogP contribution in [-0.2, 0) is 10.2 Å². The first-order valence-corrected chi connectivity index (χ1v) is 8.35. The highest BCUT2D eigenvalue weighted by Gasteiger charge is 2.34. The monoisotopic (exact) mass is 347 g/mol. The first kappa shape index (κ1) is 16.9. The van der Waals surface area contributed by atoms with Gasteiger partial charge in [-0.3, -0.25) is 4.79 Å². The van der Waals surface area contributed by atoms with Crippen LogP contribution in [0, 0.1) is 5.82 Å².